The maximum absolute atomic E-state index is 9.78. The summed E-state index contributed by atoms with van der Waals surface area (Å²) >= 11 is 0. The summed E-state index contributed by atoms with van der Waals surface area (Å²) in [6, 6.07) is 5.41. The normalized spacial score (nSPS) is 20.8. The van der Waals surface area contributed by atoms with Crippen molar-refractivity contribution in [1.82, 2.24) is 0 Å². The second kappa shape index (κ2) is 4.82. The van der Waals surface area contributed by atoms with Crippen LogP contribution in [0.2, 0.25) is 0 Å². The summed E-state index contributed by atoms with van der Waals surface area (Å²) in [4.78, 5) is 0. The molecule has 0 unspecified atom stereocenters. The molecule has 1 saturated heterocycles. The zero-order valence-electron chi connectivity index (χ0n) is 12.1. The average Bonchev–Trinajstić information content (AvgIpc) is 2.51. The summed E-state index contributed by atoms with van der Waals surface area (Å²) in [5.74, 6) is 0.269. The molecule has 1 aromatic carbocycles. The first-order valence-corrected chi connectivity index (χ1v) is 6.64. The fraction of sp³-hybridized carbons (Fsp3) is 0.571. The van der Waals surface area contributed by atoms with Crippen molar-refractivity contribution in [3.05, 3.63) is 23.8 Å². The van der Waals surface area contributed by atoms with E-state index in [1.807, 2.05) is 39.8 Å². The molecule has 1 heterocycles. The largest absolute Gasteiger partial charge is 0.508 e. The van der Waals surface area contributed by atoms with Gasteiger partial charge in [0.2, 0.25) is 0 Å². The molecular formula is C14H22BNO3. The van der Waals surface area contributed by atoms with E-state index in [4.69, 9.17) is 15.0 Å². The molecule has 1 fully saturated rings. The highest BCUT2D eigenvalue weighted by atomic mass is 16.7. The lowest BCUT2D eigenvalue weighted by Crippen LogP contribution is -2.41. The summed E-state index contributed by atoms with van der Waals surface area (Å²) in [6.45, 7) is 8.59. The Kier molecular flexibility index (Phi) is 3.64. The van der Waals surface area contributed by atoms with Crippen molar-refractivity contribution >= 4 is 12.6 Å². The van der Waals surface area contributed by atoms with Gasteiger partial charge in [-0.3, -0.25) is 0 Å². The summed E-state index contributed by atoms with van der Waals surface area (Å²) in [6.07, 6.45) is 0.638. The molecule has 0 spiro atoms. The lowest BCUT2D eigenvalue weighted by molar-refractivity contribution is 0.00578. The average molecular weight is 263 g/mol. The molecule has 0 radical (unpaired) electrons. The Morgan fingerprint density at radius 2 is 1.74 bits per heavy atom. The van der Waals surface area contributed by atoms with Crippen LogP contribution in [0.1, 0.15) is 33.3 Å². The van der Waals surface area contributed by atoms with Crippen LogP contribution in [0.3, 0.4) is 0 Å². The molecule has 0 atom stereocenters. The van der Waals surface area contributed by atoms with Crippen LogP contribution in [-0.4, -0.2) is 30.0 Å². The first-order chi connectivity index (χ1) is 8.77. The van der Waals surface area contributed by atoms with Crippen LogP contribution in [0.25, 0.3) is 0 Å². The molecule has 0 amide bonds. The Bertz CT molecular complexity index is 458. The van der Waals surface area contributed by atoms with Crippen LogP contribution < -0.4 is 11.2 Å². The fourth-order valence-electron chi connectivity index (χ4n) is 2.09. The number of aromatic hydroxyl groups is 1. The lowest BCUT2D eigenvalue weighted by atomic mass is 9.78. The summed E-state index contributed by atoms with van der Waals surface area (Å²) in [7, 11) is -0.401. The van der Waals surface area contributed by atoms with Crippen molar-refractivity contribution in [2.75, 3.05) is 6.54 Å². The Hall–Kier alpha value is -1.04. The van der Waals surface area contributed by atoms with Gasteiger partial charge in [-0.05, 0) is 57.8 Å². The molecule has 1 aromatic rings. The highest BCUT2D eigenvalue weighted by Gasteiger charge is 2.51. The predicted octanol–water partition coefficient (Wildman–Crippen LogP) is 1.19. The van der Waals surface area contributed by atoms with E-state index in [-0.39, 0.29) is 17.0 Å². The smallest absolute Gasteiger partial charge is 0.494 e. The van der Waals surface area contributed by atoms with Gasteiger partial charge in [-0.25, -0.2) is 0 Å². The number of rotatable bonds is 3. The Morgan fingerprint density at radius 1 is 1.16 bits per heavy atom. The Balaban J connectivity index is 2.27. The minimum atomic E-state index is -0.401. The summed E-state index contributed by atoms with van der Waals surface area (Å²) in [5.41, 5.74) is 6.58. The van der Waals surface area contributed by atoms with E-state index in [2.05, 4.69) is 0 Å². The summed E-state index contributed by atoms with van der Waals surface area (Å²) in [5, 5.41) is 9.78. The lowest BCUT2D eigenvalue weighted by Gasteiger charge is -2.32. The third kappa shape index (κ3) is 2.64. The van der Waals surface area contributed by atoms with Crippen molar-refractivity contribution in [3.63, 3.8) is 0 Å². The standard InChI is InChI=1S/C14H22BNO3/c1-13(2)14(3,4)19-15(18-13)11-5-6-12(17)10(9-11)7-8-16/h5-6,9,17H,7-8,16H2,1-4H3. The fourth-order valence-corrected chi connectivity index (χ4v) is 2.09. The number of phenolic OH excluding ortho intramolecular Hbond substituents is 1. The quantitative estimate of drug-likeness (QED) is 0.804. The molecule has 0 aromatic heterocycles. The molecule has 3 N–H and O–H groups in total. The molecule has 2 rings (SSSR count). The molecular weight excluding hydrogens is 241 g/mol. The number of hydrogen-bond donors (Lipinski definition) is 2. The van der Waals surface area contributed by atoms with E-state index in [9.17, 15) is 5.11 Å². The van der Waals surface area contributed by atoms with Crippen molar-refractivity contribution < 1.29 is 14.4 Å². The van der Waals surface area contributed by atoms with E-state index in [1.54, 1.807) is 6.07 Å². The van der Waals surface area contributed by atoms with Crippen molar-refractivity contribution in [1.29, 1.82) is 0 Å². The van der Waals surface area contributed by atoms with Crippen molar-refractivity contribution in [2.45, 2.75) is 45.3 Å². The number of benzene rings is 1. The van der Waals surface area contributed by atoms with Crippen molar-refractivity contribution in [2.24, 2.45) is 5.73 Å². The Morgan fingerprint density at radius 3 is 2.26 bits per heavy atom. The maximum atomic E-state index is 9.78. The Labute approximate surface area is 115 Å². The van der Waals surface area contributed by atoms with E-state index >= 15 is 0 Å². The summed E-state index contributed by atoms with van der Waals surface area (Å²) < 4.78 is 12.0. The second-order valence-electron chi connectivity index (χ2n) is 6.02. The highest BCUT2D eigenvalue weighted by molar-refractivity contribution is 6.62. The van der Waals surface area contributed by atoms with Gasteiger partial charge in [0.05, 0.1) is 11.2 Å². The third-order valence-corrected chi connectivity index (χ3v) is 4.04. The zero-order valence-corrected chi connectivity index (χ0v) is 12.1. The molecule has 19 heavy (non-hydrogen) atoms. The van der Waals surface area contributed by atoms with Gasteiger partial charge in [-0.2, -0.15) is 0 Å². The van der Waals surface area contributed by atoms with Crippen LogP contribution in [-0.2, 0) is 15.7 Å². The molecule has 1 aliphatic rings. The minimum absolute atomic E-state index is 0.269. The maximum Gasteiger partial charge on any atom is 0.494 e. The van der Waals surface area contributed by atoms with E-state index < -0.39 is 7.12 Å². The van der Waals surface area contributed by atoms with Gasteiger partial charge in [-0.15, -0.1) is 0 Å². The molecule has 5 heteroatoms. The van der Waals surface area contributed by atoms with Crippen molar-refractivity contribution in [3.8, 4) is 5.75 Å². The SMILES string of the molecule is CC1(C)OB(c2ccc(O)c(CCN)c2)OC1(C)C. The van der Waals surface area contributed by atoms with E-state index in [0.717, 1.165) is 11.0 Å². The van der Waals surface area contributed by atoms with Crippen LogP contribution in [0, 0.1) is 0 Å². The number of phenols is 1. The molecule has 0 saturated carbocycles. The highest BCUT2D eigenvalue weighted by Crippen LogP contribution is 2.36. The number of nitrogens with two attached hydrogens (primary N) is 1. The van der Waals surface area contributed by atoms with E-state index in [0.29, 0.717) is 13.0 Å². The van der Waals surface area contributed by atoms with Crippen LogP contribution in [0.4, 0.5) is 0 Å². The molecule has 0 bridgehead atoms. The second-order valence-corrected chi connectivity index (χ2v) is 6.02. The van der Waals surface area contributed by atoms with Gasteiger partial charge < -0.3 is 20.1 Å². The molecule has 0 aliphatic carbocycles. The minimum Gasteiger partial charge on any atom is -0.508 e. The van der Waals surface area contributed by atoms with Gasteiger partial charge in [0.15, 0.2) is 0 Å². The predicted molar refractivity (Wildman–Crippen MR) is 76.6 cm³/mol. The molecule has 1 aliphatic heterocycles. The van der Waals surface area contributed by atoms with Crippen LogP contribution >= 0.6 is 0 Å². The van der Waals surface area contributed by atoms with Gasteiger partial charge in [0, 0.05) is 0 Å². The molecule has 104 valence electrons. The van der Waals surface area contributed by atoms with E-state index in [1.165, 1.54) is 0 Å². The van der Waals surface area contributed by atoms with Gasteiger partial charge >= 0.3 is 7.12 Å². The van der Waals surface area contributed by atoms with Gasteiger partial charge in [-0.1, -0.05) is 12.1 Å². The van der Waals surface area contributed by atoms with Gasteiger partial charge in [0.25, 0.3) is 0 Å². The topological polar surface area (TPSA) is 64.7 Å². The third-order valence-electron chi connectivity index (χ3n) is 4.04. The first-order valence-electron chi connectivity index (χ1n) is 6.64. The molecule has 4 nitrogen and oxygen atoms in total. The monoisotopic (exact) mass is 263 g/mol. The zero-order chi connectivity index (χ0) is 14.3. The van der Waals surface area contributed by atoms with Gasteiger partial charge in [0.1, 0.15) is 5.75 Å². The first kappa shape index (κ1) is 14.4. The van der Waals surface area contributed by atoms with Crippen LogP contribution in [0.5, 0.6) is 5.75 Å². The number of hydrogen-bond acceptors (Lipinski definition) is 4. The van der Waals surface area contributed by atoms with Crippen LogP contribution in [0.15, 0.2) is 18.2 Å².